The zero-order chi connectivity index (χ0) is 18.2. The van der Waals surface area contributed by atoms with E-state index in [-0.39, 0.29) is 17.3 Å². The maximum Gasteiger partial charge on any atom is 0.361 e. The number of fused-ring (bicyclic) bond motifs is 2. The summed E-state index contributed by atoms with van der Waals surface area (Å²) in [6.07, 6.45) is 4.06. The fourth-order valence-electron chi connectivity index (χ4n) is 4.73. The molecule has 0 heterocycles. The number of nitrogens with zero attached hydrogens (tertiary/aromatic N) is 1. The van der Waals surface area contributed by atoms with Crippen molar-refractivity contribution in [2.24, 2.45) is 16.7 Å². The van der Waals surface area contributed by atoms with Gasteiger partial charge < -0.3 is 14.5 Å². The van der Waals surface area contributed by atoms with E-state index in [1.54, 1.807) is 0 Å². The van der Waals surface area contributed by atoms with Gasteiger partial charge in [-0.25, -0.2) is 4.79 Å². The molecular weight excluding hydrogens is 304 g/mol. The molecule has 2 saturated carbocycles. The molecule has 2 fully saturated rings. The lowest BCUT2D eigenvalue weighted by molar-refractivity contribution is -0.882. The lowest BCUT2D eigenvalue weighted by Crippen LogP contribution is -2.49. The molecule has 138 valence electrons. The number of likely N-dealkylation sites (N-methyl/N-ethyl adjacent to an activating group) is 1. The van der Waals surface area contributed by atoms with Crippen LogP contribution in [0.3, 0.4) is 0 Å². The Morgan fingerprint density at radius 3 is 2.42 bits per heavy atom. The van der Waals surface area contributed by atoms with Crippen LogP contribution in [0.2, 0.25) is 0 Å². The van der Waals surface area contributed by atoms with Crippen LogP contribution >= 0.6 is 0 Å². The Labute approximate surface area is 146 Å². The van der Waals surface area contributed by atoms with Crippen LogP contribution in [0, 0.1) is 16.7 Å². The van der Waals surface area contributed by atoms with Crippen LogP contribution in [-0.2, 0) is 14.3 Å². The van der Waals surface area contributed by atoms with Gasteiger partial charge in [-0.2, -0.15) is 0 Å². The SMILES string of the molecule is CCOC(=O)C[N+](C)(C)CCC(=O)N[C@@H]1C[C@H]2CC[C@@]1(C)C2(C)C. The second kappa shape index (κ2) is 6.66. The molecule has 5 nitrogen and oxygen atoms in total. The summed E-state index contributed by atoms with van der Waals surface area (Å²) in [6, 6.07) is 0.291. The van der Waals surface area contributed by atoms with Gasteiger partial charge in [-0.15, -0.1) is 0 Å². The molecule has 0 aromatic carbocycles. The van der Waals surface area contributed by atoms with Gasteiger partial charge in [0.1, 0.15) is 0 Å². The van der Waals surface area contributed by atoms with Crippen LogP contribution in [0.4, 0.5) is 0 Å². The minimum Gasteiger partial charge on any atom is -0.462 e. The summed E-state index contributed by atoms with van der Waals surface area (Å²) < 4.78 is 5.48. The highest BCUT2D eigenvalue weighted by Crippen LogP contribution is 2.65. The molecular formula is C19H35N2O3+. The number of carbonyl (C=O) groups excluding carboxylic acids is 2. The largest absolute Gasteiger partial charge is 0.462 e. The highest BCUT2D eigenvalue weighted by Gasteiger charge is 2.61. The van der Waals surface area contributed by atoms with Crippen LogP contribution in [-0.4, -0.2) is 56.2 Å². The van der Waals surface area contributed by atoms with Gasteiger partial charge >= 0.3 is 5.97 Å². The van der Waals surface area contributed by atoms with E-state index in [1.807, 2.05) is 21.0 Å². The average Bonchev–Trinajstić information content (AvgIpc) is 2.78. The Bertz CT molecular complexity index is 501. The smallest absolute Gasteiger partial charge is 0.361 e. The number of amides is 1. The van der Waals surface area contributed by atoms with Gasteiger partial charge in [-0.05, 0) is 42.9 Å². The lowest BCUT2D eigenvalue weighted by atomic mass is 9.69. The summed E-state index contributed by atoms with van der Waals surface area (Å²) in [5.74, 6) is 0.633. The zero-order valence-corrected chi connectivity index (χ0v) is 16.3. The van der Waals surface area contributed by atoms with Crippen molar-refractivity contribution < 1.29 is 18.8 Å². The summed E-state index contributed by atoms with van der Waals surface area (Å²) >= 11 is 0. The Morgan fingerprint density at radius 2 is 1.92 bits per heavy atom. The van der Waals surface area contributed by atoms with Crippen molar-refractivity contribution in [2.45, 2.75) is 59.4 Å². The molecule has 0 aromatic rings. The van der Waals surface area contributed by atoms with E-state index in [2.05, 4.69) is 26.1 Å². The van der Waals surface area contributed by atoms with E-state index in [0.717, 1.165) is 12.3 Å². The monoisotopic (exact) mass is 339 g/mol. The fraction of sp³-hybridized carbons (Fsp3) is 0.895. The van der Waals surface area contributed by atoms with Crippen LogP contribution in [0.15, 0.2) is 0 Å². The first-order chi connectivity index (χ1) is 11.0. The molecule has 3 atom stereocenters. The van der Waals surface area contributed by atoms with E-state index in [4.69, 9.17) is 4.74 Å². The molecule has 5 heteroatoms. The van der Waals surface area contributed by atoms with E-state index < -0.39 is 0 Å². The Balaban J connectivity index is 1.83. The van der Waals surface area contributed by atoms with Crippen LogP contribution in [0.25, 0.3) is 0 Å². The van der Waals surface area contributed by atoms with E-state index in [1.165, 1.54) is 12.8 Å². The molecule has 0 radical (unpaired) electrons. The molecule has 2 aliphatic rings. The van der Waals surface area contributed by atoms with Gasteiger partial charge in [0.05, 0.1) is 33.7 Å². The molecule has 0 spiro atoms. The quantitative estimate of drug-likeness (QED) is 0.572. The Kier molecular flexibility index (Phi) is 5.34. The van der Waals surface area contributed by atoms with Crippen molar-refractivity contribution in [3.8, 4) is 0 Å². The first kappa shape index (κ1) is 19.2. The normalized spacial score (nSPS) is 31.1. The summed E-state index contributed by atoms with van der Waals surface area (Å²) in [7, 11) is 3.93. The van der Waals surface area contributed by atoms with E-state index in [9.17, 15) is 9.59 Å². The molecule has 2 aliphatic carbocycles. The van der Waals surface area contributed by atoms with Gasteiger partial charge in [0.15, 0.2) is 6.54 Å². The van der Waals surface area contributed by atoms with Crippen molar-refractivity contribution in [2.75, 3.05) is 33.8 Å². The van der Waals surface area contributed by atoms with Crippen LogP contribution in [0.5, 0.6) is 0 Å². The third-order valence-electron chi connectivity index (χ3n) is 6.94. The maximum absolute atomic E-state index is 12.4. The summed E-state index contributed by atoms with van der Waals surface area (Å²) in [5.41, 5.74) is 0.521. The fourth-order valence-corrected chi connectivity index (χ4v) is 4.73. The Hall–Kier alpha value is -1.10. The maximum atomic E-state index is 12.4. The predicted molar refractivity (Wildman–Crippen MR) is 94.3 cm³/mol. The highest BCUT2D eigenvalue weighted by atomic mass is 16.5. The summed E-state index contributed by atoms with van der Waals surface area (Å²) in [6.45, 7) is 10.2. The second-order valence-electron chi connectivity index (χ2n) is 9.10. The molecule has 1 N–H and O–H groups in total. The minimum atomic E-state index is -0.203. The summed E-state index contributed by atoms with van der Waals surface area (Å²) in [4.78, 5) is 24.1. The van der Waals surface area contributed by atoms with Gasteiger partial charge in [0.25, 0.3) is 0 Å². The molecule has 2 rings (SSSR count). The van der Waals surface area contributed by atoms with Gasteiger partial charge in [-0.3, -0.25) is 4.79 Å². The van der Waals surface area contributed by atoms with Crippen molar-refractivity contribution in [3.63, 3.8) is 0 Å². The lowest BCUT2D eigenvalue weighted by Gasteiger charge is -2.39. The molecule has 0 unspecified atom stereocenters. The number of esters is 1. The molecule has 1 amide bonds. The number of quaternary nitrogens is 1. The zero-order valence-electron chi connectivity index (χ0n) is 16.3. The topological polar surface area (TPSA) is 55.4 Å². The van der Waals surface area contributed by atoms with Crippen molar-refractivity contribution >= 4 is 11.9 Å². The average molecular weight is 340 g/mol. The number of ether oxygens (including phenoxy) is 1. The second-order valence-corrected chi connectivity index (χ2v) is 9.10. The van der Waals surface area contributed by atoms with Gasteiger partial charge in [0, 0.05) is 6.04 Å². The third kappa shape index (κ3) is 3.61. The van der Waals surface area contributed by atoms with E-state index in [0.29, 0.717) is 42.1 Å². The summed E-state index contributed by atoms with van der Waals surface area (Å²) in [5, 5.41) is 3.29. The number of nitrogens with one attached hydrogen (secondary N) is 1. The van der Waals surface area contributed by atoms with Crippen LogP contribution in [0.1, 0.15) is 53.4 Å². The molecule has 0 saturated heterocycles. The Morgan fingerprint density at radius 1 is 1.25 bits per heavy atom. The van der Waals surface area contributed by atoms with Crippen molar-refractivity contribution in [1.82, 2.24) is 5.32 Å². The molecule has 0 aliphatic heterocycles. The van der Waals surface area contributed by atoms with Crippen molar-refractivity contribution in [1.29, 1.82) is 0 Å². The number of hydrogen-bond donors (Lipinski definition) is 1. The van der Waals surface area contributed by atoms with Gasteiger partial charge in [-0.1, -0.05) is 20.8 Å². The van der Waals surface area contributed by atoms with Crippen molar-refractivity contribution in [3.05, 3.63) is 0 Å². The molecule has 0 aromatic heterocycles. The first-order valence-electron chi connectivity index (χ1n) is 9.29. The minimum absolute atomic E-state index is 0.111. The van der Waals surface area contributed by atoms with E-state index >= 15 is 0 Å². The van der Waals surface area contributed by atoms with Gasteiger partial charge in [0.2, 0.25) is 5.91 Å². The molecule has 2 bridgehead atoms. The standard InChI is InChI=1S/C19H34N2O3/c1-7-24-17(23)13-21(5,6)11-9-16(22)20-15-12-14-8-10-19(15,4)18(14,2)3/h14-15H,7-13H2,1-6H3/p+1/t14-,15-,19-/m1/s1. The highest BCUT2D eigenvalue weighted by molar-refractivity contribution is 5.76. The first-order valence-corrected chi connectivity index (χ1v) is 9.29. The van der Waals surface area contributed by atoms with Crippen LogP contribution < -0.4 is 5.32 Å². The third-order valence-corrected chi connectivity index (χ3v) is 6.94. The predicted octanol–water partition coefficient (Wildman–Crippen LogP) is 2.35. The number of rotatable bonds is 7. The molecule has 24 heavy (non-hydrogen) atoms. The number of hydrogen-bond acceptors (Lipinski definition) is 3. The number of carbonyl (C=O) groups is 2.